The number of imidazole rings is 1. The number of aromatic nitrogens is 2. The molecule has 0 saturated carbocycles. The maximum absolute atomic E-state index is 6.00. The van der Waals surface area contributed by atoms with Crippen molar-refractivity contribution in [1.29, 1.82) is 0 Å². The van der Waals surface area contributed by atoms with Crippen LogP contribution < -0.4 is 5.73 Å². The van der Waals surface area contributed by atoms with Crippen LogP contribution in [0.25, 0.3) is 11.0 Å². The number of nitrogens with zero attached hydrogens (tertiary/aromatic N) is 2. The minimum absolute atomic E-state index is 0.575. The highest BCUT2D eigenvalue weighted by Crippen LogP contribution is 2.22. The van der Waals surface area contributed by atoms with Gasteiger partial charge in [0.05, 0.1) is 11.0 Å². The highest BCUT2D eigenvalue weighted by molar-refractivity contribution is 7.98. The number of nitrogen functional groups attached to an aromatic ring is 1. The monoisotopic (exact) mass is 269 g/mol. The van der Waals surface area contributed by atoms with Crippen LogP contribution in [0.4, 0.5) is 5.95 Å². The van der Waals surface area contributed by atoms with Gasteiger partial charge in [0, 0.05) is 11.6 Å². The first-order chi connectivity index (χ1) is 8.22. The van der Waals surface area contributed by atoms with Gasteiger partial charge in [0.1, 0.15) is 0 Å². The molecule has 0 radical (unpaired) electrons. The molecule has 0 amide bonds. The van der Waals surface area contributed by atoms with Gasteiger partial charge in [0.25, 0.3) is 0 Å². The lowest BCUT2D eigenvalue weighted by atomic mass is 10.3. The summed E-state index contributed by atoms with van der Waals surface area (Å²) in [5, 5.41) is 0.725. The van der Waals surface area contributed by atoms with Crippen LogP contribution in [0.3, 0.4) is 0 Å². The van der Waals surface area contributed by atoms with Crippen LogP contribution in [0.2, 0.25) is 5.02 Å². The maximum Gasteiger partial charge on any atom is 0.201 e. The quantitative estimate of drug-likeness (QED) is 0.846. The van der Waals surface area contributed by atoms with Crippen molar-refractivity contribution in [2.24, 2.45) is 0 Å². The van der Waals surface area contributed by atoms with Gasteiger partial charge in [-0.2, -0.15) is 11.8 Å². The van der Waals surface area contributed by atoms with Crippen molar-refractivity contribution < 1.29 is 0 Å². The summed E-state index contributed by atoms with van der Waals surface area (Å²) in [5.74, 6) is 1.76. The Balaban J connectivity index is 2.20. The van der Waals surface area contributed by atoms with Crippen LogP contribution in [0.1, 0.15) is 12.8 Å². The molecule has 1 aromatic heterocycles. The van der Waals surface area contributed by atoms with E-state index in [0.717, 1.165) is 29.0 Å². The number of unbranched alkanes of at least 4 members (excludes halogenated alkanes) is 1. The molecule has 0 fully saturated rings. The number of nitrogens with two attached hydrogens (primary N) is 1. The number of halogens is 1. The smallest absolute Gasteiger partial charge is 0.201 e. The normalized spacial score (nSPS) is 11.2. The van der Waals surface area contributed by atoms with Gasteiger partial charge >= 0.3 is 0 Å². The Morgan fingerprint density at radius 2 is 2.24 bits per heavy atom. The summed E-state index contributed by atoms with van der Waals surface area (Å²) in [4.78, 5) is 4.33. The predicted octanol–water partition coefficient (Wildman–Crippen LogP) is 3.42. The molecular formula is C12H16ClN3S. The van der Waals surface area contributed by atoms with Gasteiger partial charge < -0.3 is 10.3 Å². The zero-order valence-electron chi connectivity index (χ0n) is 9.82. The van der Waals surface area contributed by atoms with E-state index in [0.29, 0.717) is 5.95 Å². The number of benzene rings is 1. The van der Waals surface area contributed by atoms with Gasteiger partial charge in [-0.15, -0.1) is 0 Å². The van der Waals surface area contributed by atoms with E-state index in [9.17, 15) is 0 Å². The zero-order valence-corrected chi connectivity index (χ0v) is 11.4. The fraction of sp³-hybridized carbons (Fsp3) is 0.417. The Kier molecular flexibility index (Phi) is 4.18. The van der Waals surface area contributed by atoms with Crippen LogP contribution in [0, 0.1) is 0 Å². The molecule has 5 heteroatoms. The molecular weight excluding hydrogens is 254 g/mol. The molecule has 2 aromatic rings. The minimum Gasteiger partial charge on any atom is -0.369 e. The van der Waals surface area contributed by atoms with E-state index >= 15 is 0 Å². The molecule has 0 atom stereocenters. The lowest BCUT2D eigenvalue weighted by molar-refractivity contribution is 0.656. The first-order valence-electron chi connectivity index (χ1n) is 5.62. The number of fused-ring (bicyclic) bond motifs is 1. The van der Waals surface area contributed by atoms with Crippen LogP contribution in [-0.2, 0) is 6.54 Å². The molecule has 0 aliphatic rings. The maximum atomic E-state index is 6.00. The number of thioether (sulfide) groups is 1. The minimum atomic E-state index is 0.575. The summed E-state index contributed by atoms with van der Waals surface area (Å²) in [6.45, 7) is 0.906. The van der Waals surface area contributed by atoms with Crippen molar-refractivity contribution in [3.8, 4) is 0 Å². The van der Waals surface area contributed by atoms with E-state index in [1.54, 1.807) is 0 Å². The molecule has 0 spiro atoms. The Morgan fingerprint density at radius 3 is 3.00 bits per heavy atom. The Morgan fingerprint density at radius 1 is 1.41 bits per heavy atom. The molecule has 0 bridgehead atoms. The highest BCUT2D eigenvalue weighted by Gasteiger charge is 2.07. The first kappa shape index (κ1) is 12.6. The van der Waals surface area contributed by atoms with Gasteiger partial charge in [0.2, 0.25) is 5.95 Å². The molecule has 0 aliphatic heterocycles. The lowest BCUT2D eigenvalue weighted by Crippen LogP contribution is -2.03. The first-order valence-corrected chi connectivity index (χ1v) is 7.40. The third kappa shape index (κ3) is 2.87. The molecule has 17 heavy (non-hydrogen) atoms. The summed E-state index contributed by atoms with van der Waals surface area (Å²) >= 11 is 7.87. The van der Waals surface area contributed by atoms with Crippen LogP contribution in [0.5, 0.6) is 0 Å². The van der Waals surface area contributed by atoms with E-state index in [1.807, 2.05) is 34.5 Å². The summed E-state index contributed by atoms with van der Waals surface area (Å²) in [6.07, 6.45) is 4.44. The molecule has 1 heterocycles. The second kappa shape index (κ2) is 5.65. The van der Waals surface area contributed by atoms with E-state index in [2.05, 4.69) is 11.2 Å². The zero-order chi connectivity index (χ0) is 12.3. The number of hydrogen-bond donors (Lipinski definition) is 1. The molecule has 1 aromatic carbocycles. The largest absolute Gasteiger partial charge is 0.369 e. The highest BCUT2D eigenvalue weighted by atomic mass is 35.5. The second-order valence-corrected chi connectivity index (χ2v) is 5.38. The van der Waals surface area contributed by atoms with Crippen LogP contribution in [-0.4, -0.2) is 21.6 Å². The fourth-order valence-corrected chi connectivity index (χ4v) is 2.52. The van der Waals surface area contributed by atoms with Crippen LogP contribution in [0.15, 0.2) is 18.2 Å². The molecule has 3 nitrogen and oxygen atoms in total. The SMILES string of the molecule is CSCCCCn1c(N)nc2ccc(Cl)cc21. The summed E-state index contributed by atoms with van der Waals surface area (Å²) in [5.41, 5.74) is 7.86. The van der Waals surface area contributed by atoms with E-state index in [-0.39, 0.29) is 0 Å². The lowest BCUT2D eigenvalue weighted by Gasteiger charge is -2.06. The molecule has 92 valence electrons. The molecule has 2 N–H and O–H groups in total. The topological polar surface area (TPSA) is 43.8 Å². The standard InChI is InChI=1S/C12H16ClN3S/c1-17-7-3-2-6-16-11-8-9(13)4-5-10(11)15-12(16)14/h4-5,8H,2-3,6-7H2,1H3,(H2,14,15). The number of rotatable bonds is 5. The molecule has 0 aliphatic carbocycles. The van der Waals surface area contributed by atoms with Gasteiger partial charge in [-0.25, -0.2) is 4.98 Å². The van der Waals surface area contributed by atoms with Crippen LogP contribution >= 0.6 is 23.4 Å². The summed E-state index contributed by atoms with van der Waals surface area (Å²) in [7, 11) is 0. The summed E-state index contributed by atoms with van der Waals surface area (Å²) in [6, 6.07) is 5.68. The predicted molar refractivity (Wildman–Crippen MR) is 76.8 cm³/mol. The average molecular weight is 270 g/mol. The number of anilines is 1. The number of hydrogen-bond acceptors (Lipinski definition) is 3. The van der Waals surface area contributed by atoms with Crippen molar-refractivity contribution in [3.63, 3.8) is 0 Å². The van der Waals surface area contributed by atoms with Crippen molar-refractivity contribution in [2.75, 3.05) is 17.7 Å². The molecule has 0 saturated heterocycles. The average Bonchev–Trinajstić information content (AvgIpc) is 2.61. The van der Waals surface area contributed by atoms with Gasteiger partial charge in [-0.05, 0) is 43.0 Å². The molecule has 0 unspecified atom stereocenters. The fourth-order valence-electron chi connectivity index (χ4n) is 1.87. The van der Waals surface area contributed by atoms with Crippen molar-refractivity contribution in [2.45, 2.75) is 19.4 Å². The summed E-state index contributed by atoms with van der Waals surface area (Å²) < 4.78 is 2.04. The van der Waals surface area contributed by atoms with Crippen molar-refractivity contribution >= 4 is 40.3 Å². The van der Waals surface area contributed by atoms with Gasteiger partial charge in [-0.1, -0.05) is 11.6 Å². The van der Waals surface area contributed by atoms with Crippen molar-refractivity contribution in [3.05, 3.63) is 23.2 Å². The van der Waals surface area contributed by atoms with E-state index in [1.165, 1.54) is 12.2 Å². The molecule has 2 rings (SSSR count). The van der Waals surface area contributed by atoms with E-state index in [4.69, 9.17) is 17.3 Å². The third-order valence-corrected chi connectivity index (χ3v) is 3.65. The van der Waals surface area contributed by atoms with Crippen molar-refractivity contribution in [1.82, 2.24) is 9.55 Å². The Bertz CT molecular complexity index is 510. The van der Waals surface area contributed by atoms with Gasteiger partial charge in [-0.3, -0.25) is 0 Å². The Labute approximate surface area is 110 Å². The van der Waals surface area contributed by atoms with Gasteiger partial charge in [0.15, 0.2) is 0 Å². The van der Waals surface area contributed by atoms with E-state index < -0.39 is 0 Å². The third-order valence-electron chi connectivity index (χ3n) is 2.72. The Hall–Kier alpha value is -0.870. The second-order valence-electron chi connectivity index (χ2n) is 3.95. The number of aryl methyl sites for hydroxylation is 1.